The van der Waals surface area contributed by atoms with Gasteiger partial charge in [-0.3, -0.25) is 13.9 Å². The van der Waals surface area contributed by atoms with Crippen molar-refractivity contribution in [1.29, 1.82) is 0 Å². The van der Waals surface area contributed by atoms with E-state index in [-0.39, 0.29) is 23.8 Å². The van der Waals surface area contributed by atoms with Crippen LogP contribution in [0.5, 0.6) is 5.75 Å². The van der Waals surface area contributed by atoms with E-state index in [0.717, 1.165) is 32.3 Å². The summed E-state index contributed by atoms with van der Waals surface area (Å²) in [6.45, 7) is 3.88. The molecule has 0 aliphatic rings. The molecule has 0 unspecified atom stereocenters. The number of hydrogen-bond acceptors (Lipinski definition) is 6. The summed E-state index contributed by atoms with van der Waals surface area (Å²) in [5, 5.41) is 2.96. The molecule has 0 radical (unpaired) electrons. The third-order valence-electron chi connectivity index (χ3n) is 7.56. The fraction of sp³-hybridized carbons (Fsp3) is 0.278. The molecule has 1 atom stereocenters. The first-order chi connectivity index (χ1) is 22.2. The molecular weight excluding hydrogens is 619 g/mol. The molecule has 4 rings (SSSR count). The Hall–Kier alpha value is -4.28. The minimum atomic E-state index is -4.17. The van der Waals surface area contributed by atoms with Crippen molar-refractivity contribution in [1.82, 2.24) is 10.2 Å². The van der Waals surface area contributed by atoms with Gasteiger partial charge in [-0.1, -0.05) is 67.1 Å². The van der Waals surface area contributed by atoms with Gasteiger partial charge in [0.25, 0.3) is 10.0 Å². The molecule has 242 valence electrons. The number of hydrogen-bond donors (Lipinski definition) is 1. The molecule has 0 bridgehead atoms. The summed E-state index contributed by atoms with van der Waals surface area (Å²) in [5.41, 5.74) is 2.92. The van der Waals surface area contributed by atoms with E-state index < -0.39 is 28.5 Å². The standard InChI is InChI=1S/C36H41N3O5S2/c1-5-22-37-36(41)34(24-28-10-7-6-8-11-28)38(25-29-12-9-13-31(23-29)44-3)35(40)26-39(30-16-14-27(2)15-17-30)46(42,43)33-20-18-32(45-4)19-21-33/h6-21,23,34H,5,22,24-26H2,1-4H3,(H,37,41)/t34-/m1/s1. The zero-order valence-corrected chi connectivity index (χ0v) is 28.3. The number of carbonyl (C=O) groups is 2. The molecule has 4 aromatic carbocycles. The van der Waals surface area contributed by atoms with E-state index in [1.165, 1.54) is 16.7 Å². The number of sulfonamides is 1. The second kappa shape index (κ2) is 16.3. The van der Waals surface area contributed by atoms with Crippen LogP contribution in [-0.4, -0.2) is 57.6 Å². The van der Waals surface area contributed by atoms with Gasteiger partial charge >= 0.3 is 0 Å². The zero-order valence-electron chi connectivity index (χ0n) is 26.7. The predicted molar refractivity (Wildman–Crippen MR) is 185 cm³/mol. The number of amides is 2. The summed E-state index contributed by atoms with van der Waals surface area (Å²) in [5.74, 6) is -0.211. The molecule has 0 fully saturated rings. The molecule has 0 saturated heterocycles. The lowest BCUT2D eigenvalue weighted by Crippen LogP contribution is -2.53. The van der Waals surface area contributed by atoms with E-state index >= 15 is 0 Å². The molecular formula is C36H41N3O5S2. The Balaban J connectivity index is 1.80. The smallest absolute Gasteiger partial charge is 0.264 e. The summed E-state index contributed by atoms with van der Waals surface area (Å²) in [4.78, 5) is 30.8. The maximum absolute atomic E-state index is 14.5. The van der Waals surface area contributed by atoms with E-state index in [1.807, 2.05) is 80.8 Å². The average Bonchev–Trinajstić information content (AvgIpc) is 3.08. The van der Waals surface area contributed by atoms with Crippen LogP contribution in [0.25, 0.3) is 0 Å². The van der Waals surface area contributed by atoms with Crippen molar-refractivity contribution in [2.24, 2.45) is 0 Å². The van der Waals surface area contributed by atoms with E-state index in [2.05, 4.69) is 5.32 Å². The monoisotopic (exact) mass is 659 g/mol. The number of methoxy groups -OCH3 is 1. The molecule has 0 aromatic heterocycles. The third kappa shape index (κ3) is 8.92. The van der Waals surface area contributed by atoms with E-state index in [9.17, 15) is 18.0 Å². The van der Waals surface area contributed by atoms with Crippen molar-refractivity contribution in [2.45, 2.75) is 49.1 Å². The van der Waals surface area contributed by atoms with Gasteiger partial charge in [0.1, 0.15) is 18.3 Å². The zero-order chi connectivity index (χ0) is 33.1. The van der Waals surface area contributed by atoms with E-state index in [0.29, 0.717) is 18.0 Å². The van der Waals surface area contributed by atoms with Crippen molar-refractivity contribution in [3.8, 4) is 5.75 Å². The van der Waals surface area contributed by atoms with Crippen LogP contribution in [0.2, 0.25) is 0 Å². The molecule has 0 saturated carbocycles. The van der Waals surface area contributed by atoms with Gasteiger partial charge < -0.3 is 15.0 Å². The number of rotatable bonds is 15. The lowest BCUT2D eigenvalue weighted by Gasteiger charge is -2.34. The van der Waals surface area contributed by atoms with Crippen molar-refractivity contribution in [2.75, 3.05) is 30.8 Å². The van der Waals surface area contributed by atoms with Gasteiger partial charge in [0, 0.05) is 24.4 Å². The van der Waals surface area contributed by atoms with E-state index in [4.69, 9.17) is 4.74 Å². The Labute approximate surface area is 276 Å². The molecule has 2 amide bonds. The molecule has 10 heteroatoms. The van der Waals surface area contributed by atoms with Gasteiger partial charge in [-0.15, -0.1) is 11.8 Å². The lowest BCUT2D eigenvalue weighted by molar-refractivity contribution is -0.140. The second-order valence-electron chi connectivity index (χ2n) is 10.9. The molecule has 0 heterocycles. The molecule has 0 aliphatic heterocycles. The molecule has 8 nitrogen and oxygen atoms in total. The molecule has 4 aromatic rings. The highest BCUT2D eigenvalue weighted by Gasteiger charge is 2.34. The summed E-state index contributed by atoms with van der Waals surface area (Å²) in [6, 6.07) is 29.5. The highest BCUT2D eigenvalue weighted by atomic mass is 32.2. The number of carbonyl (C=O) groups excluding carboxylic acids is 2. The van der Waals surface area contributed by atoms with E-state index in [1.54, 1.807) is 49.6 Å². The molecule has 46 heavy (non-hydrogen) atoms. The first-order valence-electron chi connectivity index (χ1n) is 15.1. The Morgan fingerprint density at radius 1 is 0.891 bits per heavy atom. The van der Waals surface area contributed by atoms with Gasteiger partial charge in [0.05, 0.1) is 17.7 Å². The average molecular weight is 660 g/mol. The Bertz CT molecular complexity index is 1700. The number of anilines is 1. The summed E-state index contributed by atoms with van der Waals surface area (Å²) < 4.78 is 35.0. The lowest BCUT2D eigenvalue weighted by atomic mass is 10.0. The summed E-state index contributed by atoms with van der Waals surface area (Å²) in [7, 11) is -2.60. The highest BCUT2D eigenvalue weighted by Crippen LogP contribution is 2.27. The van der Waals surface area contributed by atoms with Crippen LogP contribution in [0.1, 0.15) is 30.0 Å². The highest BCUT2D eigenvalue weighted by molar-refractivity contribution is 7.98. The normalized spacial score (nSPS) is 11.8. The van der Waals surface area contributed by atoms with Crippen LogP contribution in [-0.2, 0) is 32.6 Å². The maximum atomic E-state index is 14.5. The summed E-state index contributed by atoms with van der Waals surface area (Å²) in [6.07, 6.45) is 2.89. The number of ether oxygens (including phenoxy) is 1. The van der Waals surface area contributed by atoms with Crippen molar-refractivity contribution in [3.63, 3.8) is 0 Å². The fourth-order valence-electron chi connectivity index (χ4n) is 5.00. The van der Waals surface area contributed by atoms with Gasteiger partial charge in [-0.05, 0) is 79.3 Å². The minimum Gasteiger partial charge on any atom is -0.497 e. The van der Waals surface area contributed by atoms with Crippen molar-refractivity contribution in [3.05, 3.63) is 120 Å². The number of thioether (sulfide) groups is 1. The largest absolute Gasteiger partial charge is 0.497 e. The molecule has 0 aliphatic carbocycles. The maximum Gasteiger partial charge on any atom is 0.264 e. The first kappa shape index (κ1) is 34.6. The number of benzene rings is 4. The number of aryl methyl sites for hydroxylation is 1. The van der Waals surface area contributed by atoms with Gasteiger partial charge in [-0.25, -0.2) is 8.42 Å². The van der Waals surface area contributed by atoms with Crippen LogP contribution in [0, 0.1) is 6.92 Å². The second-order valence-corrected chi connectivity index (χ2v) is 13.6. The van der Waals surface area contributed by atoms with Gasteiger partial charge in [0.2, 0.25) is 11.8 Å². The van der Waals surface area contributed by atoms with Crippen LogP contribution < -0.4 is 14.4 Å². The Morgan fingerprint density at radius 2 is 1.57 bits per heavy atom. The fourth-order valence-corrected chi connectivity index (χ4v) is 6.82. The third-order valence-corrected chi connectivity index (χ3v) is 10.1. The van der Waals surface area contributed by atoms with Gasteiger partial charge in [-0.2, -0.15) is 0 Å². The molecule has 1 N–H and O–H groups in total. The van der Waals surface area contributed by atoms with Crippen LogP contribution in [0.3, 0.4) is 0 Å². The van der Waals surface area contributed by atoms with Crippen LogP contribution in [0.15, 0.2) is 113 Å². The summed E-state index contributed by atoms with van der Waals surface area (Å²) >= 11 is 1.51. The Kier molecular flexibility index (Phi) is 12.3. The van der Waals surface area contributed by atoms with Gasteiger partial charge in [0.15, 0.2) is 0 Å². The quantitative estimate of drug-likeness (QED) is 0.155. The molecule has 0 spiro atoms. The van der Waals surface area contributed by atoms with Crippen molar-refractivity contribution < 1.29 is 22.7 Å². The SMILES string of the molecule is CCCNC(=O)[C@@H](Cc1ccccc1)N(Cc1cccc(OC)c1)C(=O)CN(c1ccc(C)cc1)S(=O)(=O)c1ccc(SC)cc1. The predicted octanol–water partition coefficient (Wildman–Crippen LogP) is 6.09. The van der Waals surface area contributed by atoms with Crippen LogP contribution >= 0.6 is 11.8 Å². The topological polar surface area (TPSA) is 96.0 Å². The van der Waals surface area contributed by atoms with Crippen LogP contribution in [0.4, 0.5) is 5.69 Å². The number of nitrogens with zero attached hydrogens (tertiary/aromatic N) is 2. The first-order valence-corrected chi connectivity index (χ1v) is 17.8. The minimum absolute atomic E-state index is 0.0668. The van der Waals surface area contributed by atoms with Crippen molar-refractivity contribution >= 4 is 39.3 Å². The number of nitrogens with one attached hydrogen (secondary N) is 1. The Morgan fingerprint density at radius 3 is 2.20 bits per heavy atom.